The van der Waals surface area contributed by atoms with E-state index in [4.69, 9.17) is 0 Å². The van der Waals surface area contributed by atoms with Crippen molar-refractivity contribution in [3.63, 3.8) is 0 Å². The summed E-state index contributed by atoms with van der Waals surface area (Å²) in [4.78, 5) is 12.2. The van der Waals surface area contributed by atoms with Crippen LogP contribution in [-0.4, -0.2) is 19.0 Å². The molecule has 1 aliphatic rings. The lowest BCUT2D eigenvalue weighted by Gasteiger charge is -2.11. The van der Waals surface area contributed by atoms with Crippen LogP contribution in [0.5, 0.6) is 0 Å². The van der Waals surface area contributed by atoms with E-state index in [0.717, 1.165) is 44.5 Å². The van der Waals surface area contributed by atoms with Gasteiger partial charge in [-0.1, -0.05) is 42.5 Å². The van der Waals surface area contributed by atoms with E-state index in [1.165, 1.54) is 11.1 Å². The summed E-state index contributed by atoms with van der Waals surface area (Å²) in [6.45, 7) is 1.74. The van der Waals surface area contributed by atoms with Crippen molar-refractivity contribution in [3.05, 3.63) is 65.7 Å². The van der Waals surface area contributed by atoms with E-state index >= 15 is 0 Å². The van der Waals surface area contributed by atoms with Gasteiger partial charge in [-0.15, -0.1) is 12.4 Å². The van der Waals surface area contributed by atoms with Crippen LogP contribution in [0.15, 0.2) is 54.6 Å². The molecule has 2 N–H and O–H groups in total. The lowest BCUT2D eigenvalue weighted by molar-refractivity contribution is -0.119. The largest absolute Gasteiger partial charge is 0.326 e. The second-order valence-electron chi connectivity index (χ2n) is 6.22. The van der Waals surface area contributed by atoms with Gasteiger partial charge >= 0.3 is 0 Å². The number of hydrogen-bond donors (Lipinski definition) is 2. The molecular formula is C20H25ClN2O. The van der Waals surface area contributed by atoms with E-state index in [9.17, 15) is 4.79 Å². The predicted octanol–water partition coefficient (Wildman–Crippen LogP) is 3.83. The second-order valence-corrected chi connectivity index (χ2v) is 6.22. The SMILES string of the molecule is Cl.O=C(Nc1cccc(CCCc2ccccc2)c1)C1CCNC1. The van der Waals surface area contributed by atoms with E-state index in [1.807, 2.05) is 12.1 Å². The summed E-state index contributed by atoms with van der Waals surface area (Å²) in [5, 5.41) is 6.29. The molecule has 0 radical (unpaired) electrons. The van der Waals surface area contributed by atoms with Gasteiger partial charge in [0.05, 0.1) is 5.92 Å². The number of amides is 1. The number of carbonyl (C=O) groups is 1. The first kappa shape index (κ1) is 18.5. The Kier molecular flexibility index (Phi) is 7.29. The Morgan fingerprint density at radius 2 is 1.79 bits per heavy atom. The van der Waals surface area contributed by atoms with Crippen molar-refractivity contribution in [3.8, 4) is 0 Å². The Morgan fingerprint density at radius 1 is 1.04 bits per heavy atom. The highest BCUT2D eigenvalue weighted by atomic mass is 35.5. The topological polar surface area (TPSA) is 41.1 Å². The zero-order valence-corrected chi connectivity index (χ0v) is 14.6. The molecule has 1 atom stereocenters. The van der Waals surface area contributed by atoms with Crippen molar-refractivity contribution in [2.45, 2.75) is 25.7 Å². The van der Waals surface area contributed by atoms with Crippen LogP contribution in [0.25, 0.3) is 0 Å². The van der Waals surface area contributed by atoms with Crippen LogP contribution < -0.4 is 10.6 Å². The van der Waals surface area contributed by atoms with E-state index < -0.39 is 0 Å². The average Bonchev–Trinajstić information content (AvgIpc) is 3.11. The first-order valence-corrected chi connectivity index (χ1v) is 8.46. The lowest BCUT2D eigenvalue weighted by atomic mass is 10.0. The minimum Gasteiger partial charge on any atom is -0.326 e. The van der Waals surface area contributed by atoms with Gasteiger partial charge in [0.25, 0.3) is 0 Å². The number of aryl methyl sites for hydroxylation is 2. The fraction of sp³-hybridized carbons (Fsp3) is 0.350. The van der Waals surface area contributed by atoms with Crippen LogP contribution in [0, 0.1) is 5.92 Å². The molecule has 0 spiro atoms. The number of nitrogens with one attached hydrogen (secondary N) is 2. The van der Waals surface area contributed by atoms with Gasteiger partial charge in [0, 0.05) is 12.2 Å². The van der Waals surface area contributed by atoms with Crippen LogP contribution in [-0.2, 0) is 17.6 Å². The van der Waals surface area contributed by atoms with Gasteiger partial charge in [-0.2, -0.15) is 0 Å². The quantitative estimate of drug-likeness (QED) is 0.836. The molecule has 128 valence electrons. The van der Waals surface area contributed by atoms with Crippen molar-refractivity contribution in [1.29, 1.82) is 0 Å². The molecule has 1 amide bonds. The fourth-order valence-electron chi connectivity index (χ4n) is 3.07. The Labute approximate surface area is 150 Å². The van der Waals surface area contributed by atoms with E-state index in [1.54, 1.807) is 0 Å². The molecule has 4 heteroatoms. The molecule has 0 saturated carbocycles. The van der Waals surface area contributed by atoms with Crippen LogP contribution >= 0.6 is 12.4 Å². The summed E-state index contributed by atoms with van der Waals surface area (Å²) in [6.07, 6.45) is 4.17. The standard InChI is InChI=1S/C20H24N2O.ClH/c23-20(18-12-13-21-15-18)22-19-11-5-10-17(14-19)9-4-8-16-6-2-1-3-7-16;/h1-3,5-7,10-11,14,18,21H,4,8-9,12-13,15H2,(H,22,23);1H. The number of carbonyl (C=O) groups excluding carboxylic acids is 1. The minimum atomic E-state index is 0. The van der Waals surface area contributed by atoms with Crippen molar-refractivity contribution < 1.29 is 4.79 Å². The van der Waals surface area contributed by atoms with Crippen molar-refractivity contribution >= 4 is 24.0 Å². The molecule has 1 fully saturated rings. The number of halogens is 1. The van der Waals surface area contributed by atoms with Gasteiger partial charge in [-0.3, -0.25) is 4.79 Å². The molecule has 2 aromatic rings. The predicted molar refractivity (Wildman–Crippen MR) is 102 cm³/mol. The molecule has 1 heterocycles. The molecule has 0 bridgehead atoms. The Hall–Kier alpha value is -1.84. The summed E-state index contributed by atoms with van der Waals surface area (Å²) < 4.78 is 0. The number of rotatable bonds is 6. The average molecular weight is 345 g/mol. The molecule has 0 aromatic heterocycles. The van der Waals surface area contributed by atoms with E-state index in [-0.39, 0.29) is 24.2 Å². The van der Waals surface area contributed by atoms with Gasteiger partial charge in [-0.05, 0) is 55.5 Å². The highest BCUT2D eigenvalue weighted by molar-refractivity contribution is 5.92. The Balaban J connectivity index is 0.00000208. The van der Waals surface area contributed by atoms with Crippen LogP contribution in [0.2, 0.25) is 0 Å². The molecule has 2 aromatic carbocycles. The monoisotopic (exact) mass is 344 g/mol. The summed E-state index contributed by atoms with van der Waals surface area (Å²) >= 11 is 0. The molecule has 1 aliphatic heterocycles. The maximum Gasteiger partial charge on any atom is 0.228 e. The molecule has 0 aliphatic carbocycles. The molecule has 24 heavy (non-hydrogen) atoms. The first-order valence-electron chi connectivity index (χ1n) is 8.46. The third-order valence-electron chi connectivity index (χ3n) is 4.40. The third kappa shape index (κ3) is 5.36. The van der Waals surface area contributed by atoms with Crippen molar-refractivity contribution in [1.82, 2.24) is 5.32 Å². The zero-order chi connectivity index (χ0) is 15.9. The number of benzene rings is 2. The normalized spacial score (nSPS) is 16.4. The zero-order valence-electron chi connectivity index (χ0n) is 13.8. The van der Waals surface area contributed by atoms with Crippen molar-refractivity contribution in [2.75, 3.05) is 18.4 Å². The van der Waals surface area contributed by atoms with E-state index in [0.29, 0.717) is 0 Å². The Bertz CT molecular complexity index is 639. The minimum absolute atomic E-state index is 0. The third-order valence-corrected chi connectivity index (χ3v) is 4.40. The molecular weight excluding hydrogens is 320 g/mol. The molecule has 1 saturated heterocycles. The van der Waals surface area contributed by atoms with Crippen LogP contribution in [0.3, 0.4) is 0 Å². The maximum absolute atomic E-state index is 12.2. The van der Waals surface area contributed by atoms with E-state index in [2.05, 4.69) is 53.1 Å². The fourth-order valence-corrected chi connectivity index (χ4v) is 3.07. The Morgan fingerprint density at radius 3 is 2.54 bits per heavy atom. The highest BCUT2D eigenvalue weighted by Gasteiger charge is 2.22. The smallest absolute Gasteiger partial charge is 0.228 e. The number of anilines is 1. The molecule has 3 nitrogen and oxygen atoms in total. The summed E-state index contributed by atoms with van der Waals surface area (Å²) in [5.41, 5.74) is 3.58. The summed E-state index contributed by atoms with van der Waals surface area (Å²) in [5.74, 6) is 0.244. The van der Waals surface area contributed by atoms with Gasteiger partial charge in [-0.25, -0.2) is 0 Å². The van der Waals surface area contributed by atoms with Crippen LogP contribution in [0.1, 0.15) is 24.0 Å². The van der Waals surface area contributed by atoms with Crippen LogP contribution in [0.4, 0.5) is 5.69 Å². The van der Waals surface area contributed by atoms with Gasteiger partial charge < -0.3 is 10.6 Å². The van der Waals surface area contributed by atoms with Gasteiger partial charge in [0.2, 0.25) is 5.91 Å². The first-order chi connectivity index (χ1) is 11.3. The second kappa shape index (κ2) is 9.45. The number of hydrogen-bond acceptors (Lipinski definition) is 2. The molecule has 3 rings (SSSR count). The maximum atomic E-state index is 12.2. The van der Waals surface area contributed by atoms with Crippen molar-refractivity contribution in [2.24, 2.45) is 5.92 Å². The highest BCUT2D eigenvalue weighted by Crippen LogP contribution is 2.16. The summed E-state index contributed by atoms with van der Waals surface area (Å²) in [6, 6.07) is 18.8. The van der Waals surface area contributed by atoms with Gasteiger partial charge in [0.15, 0.2) is 0 Å². The van der Waals surface area contributed by atoms with Gasteiger partial charge in [0.1, 0.15) is 0 Å². The molecule has 1 unspecified atom stereocenters. The summed E-state index contributed by atoms with van der Waals surface area (Å²) in [7, 11) is 0. The lowest BCUT2D eigenvalue weighted by Crippen LogP contribution is -2.24.